The molecule has 2 rings (SSSR count). The minimum absolute atomic E-state index is 0.204. The van der Waals surface area contributed by atoms with Crippen molar-refractivity contribution in [3.8, 4) is 0 Å². The Labute approximate surface area is 98.2 Å². The molecule has 0 aliphatic rings. The van der Waals surface area contributed by atoms with Crippen molar-refractivity contribution in [2.75, 3.05) is 0 Å². The van der Waals surface area contributed by atoms with E-state index in [2.05, 4.69) is 4.98 Å². The Balaban J connectivity index is 2.26. The highest BCUT2D eigenvalue weighted by atomic mass is 16.4. The molecule has 17 heavy (non-hydrogen) atoms. The first kappa shape index (κ1) is 11.3. The predicted molar refractivity (Wildman–Crippen MR) is 61.7 cm³/mol. The lowest BCUT2D eigenvalue weighted by Crippen LogP contribution is -2.01. The summed E-state index contributed by atoms with van der Waals surface area (Å²) in [4.78, 5) is 14.6. The lowest BCUT2D eigenvalue weighted by Gasteiger charge is -2.11. The summed E-state index contributed by atoms with van der Waals surface area (Å²) in [5, 5.41) is 18.8. The predicted octanol–water partition coefficient (Wildman–Crippen LogP) is 1.86. The fraction of sp³-hybridized carbons (Fsp3) is 0.0769. The van der Waals surface area contributed by atoms with Crippen LogP contribution in [0, 0.1) is 0 Å². The Morgan fingerprint density at radius 1 is 1.00 bits per heavy atom. The number of aliphatic hydroxyl groups is 1. The maximum absolute atomic E-state index is 10.7. The quantitative estimate of drug-likeness (QED) is 0.842. The number of rotatable bonds is 3. The fourth-order valence-electron chi connectivity index (χ4n) is 1.55. The first-order valence-corrected chi connectivity index (χ1v) is 5.10. The molecule has 0 aliphatic heterocycles. The number of aromatic nitrogens is 1. The van der Waals surface area contributed by atoms with Crippen molar-refractivity contribution < 1.29 is 15.0 Å². The molecule has 4 nitrogen and oxygen atoms in total. The Morgan fingerprint density at radius 2 is 1.53 bits per heavy atom. The van der Waals surface area contributed by atoms with Gasteiger partial charge >= 0.3 is 5.97 Å². The van der Waals surface area contributed by atoms with Crippen LogP contribution in [0.25, 0.3) is 0 Å². The van der Waals surface area contributed by atoms with Crippen LogP contribution in [-0.2, 0) is 0 Å². The molecule has 4 heteroatoms. The monoisotopic (exact) mass is 229 g/mol. The van der Waals surface area contributed by atoms with E-state index in [0.29, 0.717) is 5.56 Å². The van der Waals surface area contributed by atoms with Gasteiger partial charge in [0, 0.05) is 12.4 Å². The van der Waals surface area contributed by atoms with Crippen LogP contribution in [0.5, 0.6) is 0 Å². The molecule has 2 N–H and O–H groups in total. The molecule has 1 heterocycles. The number of carbonyl (C=O) groups is 1. The van der Waals surface area contributed by atoms with Gasteiger partial charge in [-0.15, -0.1) is 0 Å². The molecule has 0 amide bonds. The second kappa shape index (κ2) is 4.76. The third-order valence-electron chi connectivity index (χ3n) is 2.50. The van der Waals surface area contributed by atoms with Crippen molar-refractivity contribution in [3.05, 3.63) is 65.5 Å². The van der Waals surface area contributed by atoms with Gasteiger partial charge in [0.15, 0.2) is 0 Å². The summed E-state index contributed by atoms with van der Waals surface area (Å²) in [7, 11) is 0. The molecule has 1 aromatic carbocycles. The molecule has 0 saturated heterocycles. The van der Waals surface area contributed by atoms with Crippen molar-refractivity contribution in [1.82, 2.24) is 4.98 Å². The summed E-state index contributed by atoms with van der Waals surface area (Å²) >= 11 is 0. The van der Waals surface area contributed by atoms with Gasteiger partial charge in [-0.05, 0) is 35.4 Å². The van der Waals surface area contributed by atoms with Gasteiger partial charge in [-0.1, -0.05) is 12.1 Å². The first-order chi connectivity index (χ1) is 8.18. The van der Waals surface area contributed by atoms with Gasteiger partial charge < -0.3 is 10.2 Å². The molecule has 2 aromatic rings. The van der Waals surface area contributed by atoms with Crippen molar-refractivity contribution in [2.24, 2.45) is 0 Å². The SMILES string of the molecule is O=C(O)c1ccc(C(O)c2ccncc2)cc1. The van der Waals surface area contributed by atoms with E-state index in [4.69, 9.17) is 5.11 Å². The molecule has 0 aliphatic carbocycles. The van der Waals surface area contributed by atoms with Gasteiger partial charge in [-0.25, -0.2) is 4.79 Å². The number of hydrogen-bond acceptors (Lipinski definition) is 3. The molecule has 0 spiro atoms. The summed E-state index contributed by atoms with van der Waals surface area (Å²) in [6, 6.07) is 9.60. The Bertz CT molecular complexity index is 508. The molecular formula is C13H11NO3. The summed E-state index contributed by atoms with van der Waals surface area (Å²) in [5.74, 6) is -0.977. The molecule has 0 bridgehead atoms. The zero-order chi connectivity index (χ0) is 12.3. The minimum Gasteiger partial charge on any atom is -0.478 e. The summed E-state index contributed by atoms with van der Waals surface area (Å²) < 4.78 is 0. The third kappa shape index (κ3) is 2.49. The zero-order valence-electron chi connectivity index (χ0n) is 8.95. The van der Waals surface area contributed by atoms with Crippen LogP contribution in [0.2, 0.25) is 0 Å². The van der Waals surface area contributed by atoms with Gasteiger partial charge in [0.05, 0.1) is 5.56 Å². The maximum Gasteiger partial charge on any atom is 0.335 e. The number of pyridine rings is 1. The molecule has 1 atom stereocenters. The standard InChI is InChI=1S/C13H11NO3/c15-12(10-5-7-14-8-6-10)9-1-3-11(4-2-9)13(16)17/h1-8,12,15H,(H,16,17). The first-order valence-electron chi connectivity index (χ1n) is 5.10. The number of nitrogens with zero attached hydrogens (tertiary/aromatic N) is 1. The van der Waals surface area contributed by atoms with E-state index in [1.54, 1.807) is 36.7 Å². The van der Waals surface area contributed by atoms with Gasteiger partial charge in [-0.3, -0.25) is 4.98 Å². The largest absolute Gasteiger partial charge is 0.478 e. The number of hydrogen-bond donors (Lipinski definition) is 2. The van der Waals surface area contributed by atoms with Crippen molar-refractivity contribution in [1.29, 1.82) is 0 Å². The van der Waals surface area contributed by atoms with Crippen molar-refractivity contribution >= 4 is 5.97 Å². The van der Waals surface area contributed by atoms with Crippen LogP contribution in [-0.4, -0.2) is 21.2 Å². The average Bonchev–Trinajstić information content (AvgIpc) is 2.39. The van der Waals surface area contributed by atoms with Crippen LogP contribution in [0.1, 0.15) is 27.6 Å². The van der Waals surface area contributed by atoms with E-state index >= 15 is 0 Å². The number of aliphatic hydroxyl groups excluding tert-OH is 1. The second-order valence-corrected chi connectivity index (χ2v) is 3.61. The molecular weight excluding hydrogens is 218 g/mol. The minimum atomic E-state index is -0.977. The van der Waals surface area contributed by atoms with Crippen LogP contribution in [0.4, 0.5) is 0 Å². The molecule has 1 unspecified atom stereocenters. The number of carboxylic acids is 1. The lowest BCUT2D eigenvalue weighted by molar-refractivity contribution is 0.0696. The topological polar surface area (TPSA) is 70.4 Å². The van der Waals surface area contributed by atoms with Crippen LogP contribution in [0.15, 0.2) is 48.8 Å². The van der Waals surface area contributed by atoms with Crippen LogP contribution < -0.4 is 0 Å². The molecule has 0 saturated carbocycles. The highest BCUT2D eigenvalue weighted by Crippen LogP contribution is 2.21. The van der Waals surface area contributed by atoms with E-state index in [0.717, 1.165) is 5.56 Å². The zero-order valence-corrected chi connectivity index (χ0v) is 8.95. The van der Waals surface area contributed by atoms with Gasteiger partial charge in [0.2, 0.25) is 0 Å². The van der Waals surface area contributed by atoms with Crippen molar-refractivity contribution in [3.63, 3.8) is 0 Å². The molecule has 0 fully saturated rings. The Morgan fingerprint density at radius 3 is 2.06 bits per heavy atom. The van der Waals surface area contributed by atoms with Crippen LogP contribution in [0.3, 0.4) is 0 Å². The third-order valence-corrected chi connectivity index (χ3v) is 2.50. The van der Waals surface area contributed by atoms with E-state index in [1.807, 2.05) is 0 Å². The molecule has 0 radical (unpaired) electrons. The van der Waals surface area contributed by atoms with E-state index < -0.39 is 12.1 Å². The van der Waals surface area contributed by atoms with E-state index in [9.17, 15) is 9.90 Å². The number of carboxylic acid groups (broad SMARTS) is 1. The number of benzene rings is 1. The smallest absolute Gasteiger partial charge is 0.335 e. The van der Waals surface area contributed by atoms with E-state index in [1.165, 1.54) is 12.1 Å². The number of aromatic carboxylic acids is 1. The van der Waals surface area contributed by atoms with Gasteiger partial charge in [-0.2, -0.15) is 0 Å². The summed E-state index contributed by atoms with van der Waals surface area (Å²) in [6.07, 6.45) is 2.44. The summed E-state index contributed by atoms with van der Waals surface area (Å²) in [6.45, 7) is 0. The second-order valence-electron chi connectivity index (χ2n) is 3.61. The van der Waals surface area contributed by atoms with Crippen LogP contribution >= 0.6 is 0 Å². The lowest BCUT2D eigenvalue weighted by atomic mass is 10.0. The van der Waals surface area contributed by atoms with E-state index in [-0.39, 0.29) is 5.56 Å². The Kier molecular flexibility index (Phi) is 3.16. The average molecular weight is 229 g/mol. The molecule has 1 aromatic heterocycles. The summed E-state index contributed by atoms with van der Waals surface area (Å²) in [5.41, 5.74) is 1.58. The van der Waals surface area contributed by atoms with Gasteiger partial charge in [0.1, 0.15) is 6.10 Å². The highest BCUT2D eigenvalue weighted by Gasteiger charge is 2.10. The highest BCUT2D eigenvalue weighted by molar-refractivity contribution is 5.87. The van der Waals surface area contributed by atoms with Gasteiger partial charge in [0.25, 0.3) is 0 Å². The van der Waals surface area contributed by atoms with Crippen molar-refractivity contribution in [2.45, 2.75) is 6.10 Å². The molecule has 86 valence electrons. The fourth-order valence-corrected chi connectivity index (χ4v) is 1.55. The maximum atomic E-state index is 10.7. The normalized spacial score (nSPS) is 12.1. The Hall–Kier alpha value is -2.20.